The van der Waals surface area contributed by atoms with Crippen molar-refractivity contribution in [1.29, 1.82) is 0 Å². The van der Waals surface area contributed by atoms with Gasteiger partial charge in [0.05, 0.1) is 17.9 Å². The van der Waals surface area contributed by atoms with E-state index < -0.39 is 0 Å². The van der Waals surface area contributed by atoms with Gasteiger partial charge < -0.3 is 19.5 Å². The molecule has 2 atom stereocenters. The molecule has 2 aromatic rings. The van der Waals surface area contributed by atoms with Crippen molar-refractivity contribution in [2.45, 2.75) is 46.4 Å². The number of hydrogen-bond acceptors (Lipinski definition) is 6. The van der Waals surface area contributed by atoms with Crippen LogP contribution in [0.3, 0.4) is 0 Å². The highest BCUT2D eigenvalue weighted by Crippen LogP contribution is 2.18. The molecule has 1 saturated heterocycles. The fourth-order valence-electron chi connectivity index (χ4n) is 3.15. The normalized spacial score (nSPS) is 20.6. The maximum Gasteiger partial charge on any atom is 0.257 e. The highest BCUT2D eigenvalue weighted by molar-refractivity contribution is 5.96. The van der Waals surface area contributed by atoms with Gasteiger partial charge in [-0.2, -0.15) is 0 Å². The number of pyridine rings is 1. The van der Waals surface area contributed by atoms with Crippen LogP contribution in [0.1, 0.15) is 41.2 Å². The standard InChI is InChI=1S/C18H24N4O3/c1-11-9-22(10-12(2)24-11)16-6-5-15(7-19-16)8-20-18(23)17-13(3)21-25-14(17)4/h5-7,11-12H,8-10H2,1-4H3,(H,20,23)/t11-,12-/m1/s1. The molecule has 0 bridgehead atoms. The van der Waals surface area contributed by atoms with Crippen molar-refractivity contribution in [2.75, 3.05) is 18.0 Å². The minimum absolute atomic E-state index is 0.184. The van der Waals surface area contributed by atoms with Gasteiger partial charge in [-0.25, -0.2) is 4.98 Å². The number of aromatic nitrogens is 2. The number of rotatable bonds is 4. The molecule has 1 aliphatic rings. The number of morpholine rings is 1. The summed E-state index contributed by atoms with van der Waals surface area (Å²) in [5.74, 6) is 1.28. The zero-order valence-electron chi connectivity index (χ0n) is 15.1. The van der Waals surface area contributed by atoms with E-state index in [0.29, 0.717) is 23.6 Å². The first-order valence-corrected chi connectivity index (χ1v) is 8.50. The van der Waals surface area contributed by atoms with Crippen molar-refractivity contribution in [1.82, 2.24) is 15.5 Å². The maximum atomic E-state index is 12.3. The van der Waals surface area contributed by atoms with Gasteiger partial charge in [0.1, 0.15) is 17.1 Å². The molecule has 1 aliphatic heterocycles. The fraction of sp³-hybridized carbons (Fsp3) is 0.500. The van der Waals surface area contributed by atoms with Crippen LogP contribution in [0.4, 0.5) is 5.82 Å². The highest BCUT2D eigenvalue weighted by Gasteiger charge is 2.23. The molecular formula is C18H24N4O3. The molecule has 0 aromatic carbocycles. The van der Waals surface area contributed by atoms with Gasteiger partial charge in [-0.3, -0.25) is 4.79 Å². The van der Waals surface area contributed by atoms with Gasteiger partial charge in [-0.1, -0.05) is 11.2 Å². The molecular weight excluding hydrogens is 320 g/mol. The van der Waals surface area contributed by atoms with Crippen LogP contribution in [0, 0.1) is 13.8 Å². The zero-order valence-corrected chi connectivity index (χ0v) is 15.1. The van der Waals surface area contributed by atoms with Crippen LogP contribution in [0.15, 0.2) is 22.9 Å². The lowest BCUT2D eigenvalue weighted by molar-refractivity contribution is -0.00546. The van der Waals surface area contributed by atoms with Gasteiger partial charge in [0.2, 0.25) is 0 Å². The second kappa shape index (κ2) is 7.23. The third-order valence-corrected chi connectivity index (χ3v) is 4.27. The number of carbonyl (C=O) groups excluding carboxylic acids is 1. The summed E-state index contributed by atoms with van der Waals surface area (Å²) in [7, 11) is 0. The number of aryl methyl sites for hydroxylation is 2. The van der Waals surface area contributed by atoms with E-state index in [0.717, 1.165) is 24.5 Å². The van der Waals surface area contributed by atoms with Gasteiger partial charge in [0, 0.05) is 25.8 Å². The molecule has 1 N–H and O–H groups in total. The van der Waals surface area contributed by atoms with Crippen LogP contribution in [-0.4, -0.2) is 41.3 Å². The van der Waals surface area contributed by atoms with Gasteiger partial charge in [-0.05, 0) is 39.3 Å². The Hall–Kier alpha value is -2.41. The molecule has 1 fully saturated rings. The molecule has 7 nitrogen and oxygen atoms in total. The van der Waals surface area contributed by atoms with Crippen molar-refractivity contribution in [3.63, 3.8) is 0 Å². The summed E-state index contributed by atoms with van der Waals surface area (Å²) < 4.78 is 10.8. The van der Waals surface area contributed by atoms with Crippen molar-refractivity contribution >= 4 is 11.7 Å². The molecule has 25 heavy (non-hydrogen) atoms. The monoisotopic (exact) mass is 344 g/mol. The number of anilines is 1. The van der Waals surface area contributed by atoms with E-state index in [9.17, 15) is 4.79 Å². The van der Waals surface area contributed by atoms with E-state index in [2.05, 4.69) is 34.2 Å². The Morgan fingerprint density at radius 2 is 2.00 bits per heavy atom. The minimum Gasteiger partial charge on any atom is -0.372 e. The van der Waals surface area contributed by atoms with Gasteiger partial charge in [-0.15, -0.1) is 0 Å². The topological polar surface area (TPSA) is 80.5 Å². The third kappa shape index (κ3) is 3.99. The molecule has 0 radical (unpaired) electrons. The first-order chi connectivity index (χ1) is 11.9. The highest BCUT2D eigenvalue weighted by atomic mass is 16.5. The van der Waals surface area contributed by atoms with Crippen LogP contribution < -0.4 is 10.2 Å². The smallest absolute Gasteiger partial charge is 0.257 e. The molecule has 0 spiro atoms. The first-order valence-electron chi connectivity index (χ1n) is 8.50. The summed E-state index contributed by atoms with van der Waals surface area (Å²) in [5.41, 5.74) is 2.04. The number of nitrogens with one attached hydrogen (secondary N) is 1. The lowest BCUT2D eigenvalue weighted by Gasteiger charge is -2.36. The lowest BCUT2D eigenvalue weighted by Crippen LogP contribution is -2.45. The van der Waals surface area contributed by atoms with E-state index in [1.54, 1.807) is 20.0 Å². The molecule has 134 valence electrons. The summed E-state index contributed by atoms with van der Waals surface area (Å²) in [6.07, 6.45) is 2.19. The summed E-state index contributed by atoms with van der Waals surface area (Å²) in [6, 6.07) is 3.98. The predicted molar refractivity (Wildman–Crippen MR) is 93.6 cm³/mol. The number of nitrogens with zero attached hydrogens (tertiary/aromatic N) is 3. The van der Waals surface area contributed by atoms with Crippen molar-refractivity contribution in [3.8, 4) is 0 Å². The Morgan fingerprint density at radius 3 is 2.56 bits per heavy atom. The fourth-order valence-corrected chi connectivity index (χ4v) is 3.15. The van der Waals surface area contributed by atoms with Crippen molar-refractivity contribution in [3.05, 3.63) is 40.9 Å². The first kappa shape index (κ1) is 17.4. The Bertz CT molecular complexity index is 712. The summed E-state index contributed by atoms with van der Waals surface area (Å²) in [6.45, 7) is 9.70. The van der Waals surface area contributed by atoms with Crippen LogP contribution >= 0.6 is 0 Å². The average Bonchev–Trinajstić information content (AvgIpc) is 2.91. The van der Waals surface area contributed by atoms with Gasteiger partial charge in [0.25, 0.3) is 5.91 Å². The SMILES string of the molecule is Cc1noc(C)c1C(=O)NCc1ccc(N2C[C@@H](C)O[C@H](C)C2)nc1. The zero-order chi connectivity index (χ0) is 18.0. The molecule has 3 heterocycles. The summed E-state index contributed by atoms with van der Waals surface area (Å²) >= 11 is 0. The Balaban J connectivity index is 1.60. The molecule has 0 aliphatic carbocycles. The van der Waals surface area contributed by atoms with Crippen molar-refractivity contribution in [2.24, 2.45) is 0 Å². The Kier molecular flexibility index (Phi) is 5.03. The molecule has 0 saturated carbocycles. The second-order valence-electron chi connectivity index (χ2n) is 6.57. The van der Waals surface area contributed by atoms with E-state index in [-0.39, 0.29) is 18.1 Å². The number of ether oxygens (including phenoxy) is 1. The summed E-state index contributed by atoms with van der Waals surface area (Å²) in [5, 5.41) is 6.69. The largest absolute Gasteiger partial charge is 0.372 e. The van der Waals surface area contributed by atoms with E-state index in [4.69, 9.17) is 9.26 Å². The van der Waals surface area contributed by atoms with E-state index in [1.807, 2.05) is 12.1 Å². The van der Waals surface area contributed by atoms with Gasteiger partial charge in [0.15, 0.2) is 0 Å². The summed E-state index contributed by atoms with van der Waals surface area (Å²) in [4.78, 5) is 19.0. The number of hydrogen-bond donors (Lipinski definition) is 1. The van der Waals surface area contributed by atoms with Crippen LogP contribution in [0.5, 0.6) is 0 Å². The number of carbonyl (C=O) groups is 1. The van der Waals surface area contributed by atoms with Crippen LogP contribution in [-0.2, 0) is 11.3 Å². The second-order valence-corrected chi connectivity index (χ2v) is 6.57. The lowest BCUT2D eigenvalue weighted by atomic mass is 10.2. The average molecular weight is 344 g/mol. The maximum absolute atomic E-state index is 12.3. The Morgan fingerprint density at radius 1 is 1.28 bits per heavy atom. The molecule has 7 heteroatoms. The molecule has 1 amide bonds. The molecule has 2 aromatic heterocycles. The van der Waals surface area contributed by atoms with Crippen molar-refractivity contribution < 1.29 is 14.1 Å². The third-order valence-electron chi connectivity index (χ3n) is 4.27. The minimum atomic E-state index is -0.184. The van der Waals surface area contributed by atoms with E-state index >= 15 is 0 Å². The van der Waals surface area contributed by atoms with Crippen LogP contribution in [0.25, 0.3) is 0 Å². The quantitative estimate of drug-likeness (QED) is 0.916. The van der Waals surface area contributed by atoms with Gasteiger partial charge >= 0.3 is 0 Å². The predicted octanol–water partition coefficient (Wildman–Crippen LogP) is 2.23. The van der Waals surface area contributed by atoms with E-state index in [1.165, 1.54) is 0 Å². The molecule has 0 unspecified atom stereocenters. The van der Waals surface area contributed by atoms with Crippen LogP contribution in [0.2, 0.25) is 0 Å². The Labute approximate surface area is 147 Å². The number of amides is 1. The molecule has 3 rings (SSSR count).